The molecule has 1 fully saturated rings. The fourth-order valence-electron chi connectivity index (χ4n) is 2.58. The Bertz CT molecular complexity index is 503. The molecule has 2 aliphatic heterocycles. The molecule has 2 aliphatic rings. The van der Waals surface area contributed by atoms with Crippen molar-refractivity contribution in [2.45, 2.75) is 19.1 Å². The molecular formula is C13H15F3N2O. The van der Waals surface area contributed by atoms with Crippen molar-refractivity contribution in [3.63, 3.8) is 0 Å². The van der Waals surface area contributed by atoms with Crippen LogP contribution in [0.15, 0.2) is 18.2 Å². The van der Waals surface area contributed by atoms with Gasteiger partial charge in [0.05, 0.1) is 36.2 Å². The van der Waals surface area contributed by atoms with E-state index in [0.717, 1.165) is 12.1 Å². The fourth-order valence-corrected chi connectivity index (χ4v) is 2.58. The summed E-state index contributed by atoms with van der Waals surface area (Å²) in [5, 5.41) is 6.39. The van der Waals surface area contributed by atoms with Gasteiger partial charge in [0.25, 0.3) is 0 Å². The number of halogens is 3. The van der Waals surface area contributed by atoms with E-state index in [1.165, 1.54) is 6.07 Å². The highest BCUT2D eigenvalue weighted by molar-refractivity contribution is 5.71. The highest BCUT2D eigenvalue weighted by Crippen LogP contribution is 2.39. The summed E-state index contributed by atoms with van der Waals surface area (Å²) in [7, 11) is 0. The van der Waals surface area contributed by atoms with Crippen LogP contribution >= 0.6 is 0 Å². The first-order valence-corrected chi connectivity index (χ1v) is 6.18. The fraction of sp³-hybridized carbons (Fsp3) is 0.538. The maximum absolute atomic E-state index is 12.7. The van der Waals surface area contributed by atoms with E-state index >= 15 is 0 Å². The largest absolute Gasteiger partial charge is 0.416 e. The summed E-state index contributed by atoms with van der Waals surface area (Å²) < 4.78 is 43.6. The summed E-state index contributed by atoms with van der Waals surface area (Å²) in [5.74, 6) is 0. The first-order valence-electron chi connectivity index (χ1n) is 6.18. The SMILES string of the molecule is CC12CNc3cc(C(F)(F)F)ccc3NC1COC2. The third-order valence-corrected chi connectivity index (χ3v) is 3.92. The van der Waals surface area contributed by atoms with Gasteiger partial charge >= 0.3 is 6.18 Å². The van der Waals surface area contributed by atoms with Gasteiger partial charge in [0.1, 0.15) is 0 Å². The first kappa shape index (κ1) is 12.6. The van der Waals surface area contributed by atoms with Gasteiger partial charge in [0.2, 0.25) is 0 Å². The van der Waals surface area contributed by atoms with E-state index in [9.17, 15) is 13.2 Å². The van der Waals surface area contributed by atoms with Crippen molar-refractivity contribution in [1.29, 1.82) is 0 Å². The third kappa shape index (κ3) is 2.14. The van der Waals surface area contributed by atoms with Gasteiger partial charge in [-0.25, -0.2) is 0 Å². The van der Waals surface area contributed by atoms with Gasteiger partial charge in [-0.3, -0.25) is 0 Å². The molecule has 2 heterocycles. The summed E-state index contributed by atoms with van der Waals surface area (Å²) in [6.45, 7) is 3.86. The van der Waals surface area contributed by atoms with E-state index in [2.05, 4.69) is 17.6 Å². The van der Waals surface area contributed by atoms with Crippen molar-refractivity contribution in [1.82, 2.24) is 0 Å². The maximum atomic E-state index is 12.7. The number of nitrogens with one attached hydrogen (secondary N) is 2. The van der Waals surface area contributed by atoms with Gasteiger partial charge in [0.15, 0.2) is 0 Å². The molecule has 0 saturated carbocycles. The van der Waals surface area contributed by atoms with Crippen LogP contribution in [0.3, 0.4) is 0 Å². The number of alkyl halides is 3. The minimum absolute atomic E-state index is 0.0998. The van der Waals surface area contributed by atoms with E-state index in [1.807, 2.05) is 0 Å². The van der Waals surface area contributed by atoms with Crippen molar-refractivity contribution in [3.8, 4) is 0 Å². The summed E-state index contributed by atoms with van der Waals surface area (Å²) in [4.78, 5) is 0. The molecule has 0 aromatic heterocycles. The predicted octanol–water partition coefficient (Wildman–Crippen LogP) is 2.95. The summed E-state index contributed by atoms with van der Waals surface area (Å²) >= 11 is 0. The Balaban J connectivity index is 1.95. The molecular weight excluding hydrogens is 257 g/mol. The minimum Gasteiger partial charge on any atom is -0.383 e. The first-order chi connectivity index (χ1) is 8.88. The van der Waals surface area contributed by atoms with E-state index < -0.39 is 11.7 Å². The van der Waals surface area contributed by atoms with Crippen LogP contribution in [0.2, 0.25) is 0 Å². The number of anilines is 2. The van der Waals surface area contributed by atoms with Crippen molar-refractivity contribution >= 4 is 11.4 Å². The molecule has 0 bridgehead atoms. The molecule has 104 valence electrons. The summed E-state index contributed by atoms with van der Waals surface area (Å²) in [6.07, 6.45) is -4.31. The van der Waals surface area contributed by atoms with Gasteiger partial charge in [-0.1, -0.05) is 6.92 Å². The highest BCUT2D eigenvalue weighted by Gasteiger charge is 2.42. The lowest BCUT2D eigenvalue weighted by molar-refractivity contribution is -0.137. The standard InChI is InChI=1S/C13H15F3N2O/c1-12-6-17-10-4-8(13(14,15)16)2-3-9(10)18-11(12)5-19-7-12/h2-4,11,17-18H,5-7H2,1H3. The van der Waals surface area contributed by atoms with Crippen molar-refractivity contribution < 1.29 is 17.9 Å². The molecule has 3 rings (SSSR count). The molecule has 2 atom stereocenters. The van der Waals surface area contributed by atoms with Crippen LogP contribution in [0.1, 0.15) is 12.5 Å². The molecule has 19 heavy (non-hydrogen) atoms. The zero-order valence-corrected chi connectivity index (χ0v) is 10.5. The minimum atomic E-state index is -4.31. The Morgan fingerprint density at radius 2 is 2.11 bits per heavy atom. The summed E-state index contributed by atoms with van der Waals surface area (Å²) in [6, 6.07) is 3.87. The number of ether oxygens (including phenoxy) is 1. The lowest BCUT2D eigenvalue weighted by Crippen LogP contribution is -2.40. The van der Waals surface area contributed by atoms with Gasteiger partial charge < -0.3 is 15.4 Å². The molecule has 3 nitrogen and oxygen atoms in total. The molecule has 6 heteroatoms. The molecule has 0 aliphatic carbocycles. The third-order valence-electron chi connectivity index (χ3n) is 3.92. The average molecular weight is 272 g/mol. The Morgan fingerprint density at radius 1 is 1.32 bits per heavy atom. The van der Waals surface area contributed by atoms with E-state index in [-0.39, 0.29) is 11.5 Å². The number of hydrogen-bond donors (Lipinski definition) is 2. The van der Waals surface area contributed by atoms with Gasteiger partial charge in [-0.05, 0) is 18.2 Å². The Labute approximate surface area is 109 Å². The molecule has 2 N–H and O–H groups in total. The molecule has 1 saturated heterocycles. The molecule has 1 aromatic rings. The van der Waals surface area contributed by atoms with E-state index in [0.29, 0.717) is 31.1 Å². The maximum Gasteiger partial charge on any atom is 0.416 e. The topological polar surface area (TPSA) is 33.3 Å². The molecule has 0 radical (unpaired) electrons. The van der Waals surface area contributed by atoms with E-state index in [4.69, 9.17) is 4.74 Å². The molecule has 2 unspecified atom stereocenters. The van der Waals surface area contributed by atoms with Crippen molar-refractivity contribution in [3.05, 3.63) is 23.8 Å². The normalized spacial score (nSPS) is 29.8. The second kappa shape index (κ2) is 4.03. The highest BCUT2D eigenvalue weighted by atomic mass is 19.4. The number of fused-ring (bicyclic) bond motifs is 2. The van der Waals surface area contributed by atoms with Crippen LogP contribution in [-0.4, -0.2) is 25.8 Å². The van der Waals surface area contributed by atoms with Crippen molar-refractivity contribution in [2.75, 3.05) is 30.4 Å². The van der Waals surface area contributed by atoms with Crippen LogP contribution in [-0.2, 0) is 10.9 Å². The lowest BCUT2D eigenvalue weighted by Gasteiger charge is -2.27. The predicted molar refractivity (Wildman–Crippen MR) is 66.3 cm³/mol. The second-order valence-electron chi connectivity index (χ2n) is 5.48. The van der Waals surface area contributed by atoms with E-state index in [1.54, 1.807) is 0 Å². The van der Waals surface area contributed by atoms with Crippen LogP contribution in [0.5, 0.6) is 0 Å². The Morgan fingerprint density at radius 3 is 2.84 bits per heavy atom. The smallest absolute Gasteiger partial charge is 0.383 e. The van der Waals surface area contributed by atoms with Crippen LogP contribution in [0.25, 0.3) is 0 Å². The van der Waals surface area contributed by atoms with Gasteiger partial charge in [-0.15, -0.1) is 0 Å². The van der Waals surface area contributed by atoms with Crippen LogP contribution in [0.4, 0.5) is 24.5 Å². The zero-order valence-electron chi connectivity index (χ0n) is 10.5. The van der Waals surface area contributed by atoms with Gasteiger partial charge in [0, 0.05) is 12.0 Å². The average Bonchev–Trinajstić information content (AvgIpc) is 2.62. The molecule has 0 spiro atoms. The van der Waals surface area contributed by atoms with Crippen LogP contribution < -0.4 is 10.6 Å². The van der Waals surface area contributed by atoms with Gasteiger partial charge in [-0.2, -0.15) is 13.2 Å². The quantitative estimate of drug-likeness (QED) is 0.762. The number of benzene rings is 1. The summed E-state index contributed by atoms with van der Waals surface area (Å²) in [5.41, 5.74) is 0.476. The molecule has 0 amide bonds. The monoisotopic (exact) mass is 272 g/mol. The molecule has 1 aromatic carbocycles. The van der Waals surface area contributed by atoms with Crippen molar-refractivity contribution in [2.24, 2.45) is 5.41 Å². The number of hydrogen-bond acceptors (Lipinski definition) is 3. The Hall–Kier alpha value is -1.43. The second-order valence-corrected chi connectivity index (χ2v) is 5.48. The number of rotatable bonds is 0. The zero-order chi connectivity index (χ0) is 13.7. The lowest BCUT2D eigenvalue weighted by atomic mass is 9.85. The van der Waals surface area contributed by atoms with Crippen LogP contribution in [0, 0.1) is 5.41 Å². The Kier molecular flexibility index (Phi) is 2.67.